The highest BCUT2D eigenvalue weighted by Crippen LogP contribution is 2.35. The summed E-state index contributed by atoms with van der Waals surface area (Å²) in [6.07, 6.45) is -4.43. The van der Waals surface area contributed by atoms with Gasteiger partial charge in [-0.3, -0.25) is 9.69 Å². The van der Waals surface area contributed by atoms with Gasteiger partial charge in [0.25, 0.3) is 0 Å². The van der Waals surface area contributed by atoms with Crippen molar-refractivity contribution in [1.82, 2.24) is 4.90 Å². The lowest BCUT2D eigenvalue weighted by Gasteiger charge is -2.36. The standard InChI is InChI=1S/C31H28F3N3O/c32-31(33,34)25-13-9-23(10-14-25)27-7-4-8-28(29(27)30(35)38)24-11-15-26(16-12-24)37-19-17-36(18-20-37)21-22-5-2-1-3-6-22/h1-16H,17-21H2,(H2,35,38). The monoisotopic (exact) mass is 515 g/mol. The van der Waals surface area contributed by atoms with Gasteiger partial charge in [-0.05, 0) is 52.1 Å². The number of alkyl halides is 3. The van der Waals surface area contributed by atoms with Gasteiger partial charge < -0.3 is 10.6 Å². The molecule has 0 saturated carbocycles. The Morgan fingerprint density at radius 2 is 1.26 bits per heavy atom. The lowest BCUT2D eigenvalue weighted by atomic mass is 9.91. The van der Waals surface area contributed by atoms with Crippen molar-refractivity contribution in [2.24, 2.45) is 5.73 Å². The molecular formula is C31H28F3N3O. The minimum Gasteiger partial charge on any atom is -0.369 e. The number of anilines is 1. The molecule has 2 N–H and O–H groups in total. The number of carbonyl (C=O) groups is 1. The number of hydrogen-bond donors (Lipinski definition) is 1. The summed E-state index contributed by atoms with van der Waals surface area (Å²) < 4.78 is 39.0. The predicted octanol–water partition coefficient (Wildman–Crippen LogP) is 6.46. The quantitative estimate of drug-likeness (QED) is 0.321. The van der Waals surface area contributed by atoms with Crippen LogP contribution in [0.2, 0.25) is 0 Å². The van der Waals surface area contributed by atoms with Gasteiger partial charge in [0.05, 0.1) is 11.1 Å². The van der Waals surface area contributed by atoms with Crippen molar-refractivity contribution < 1.29 is 18.0 Å². The average Bonchev–Trinajstić information content (AvgIpc) is 2.93. The van der Waals surface area contributed by atoms with Crippen LogP contribution in [-0.4, -0.2) is 37.0 Å². The summed E-state index contributed by atoms with van der Waals surface area (Å²) in [7, 11) is 0. The normalized spacial score (nSPS) is 14.4. The molecule has 38 heavy (non-hydrogen) atoms. The number of carbonyl (C=O) groups excluding carboxylic acids is 1. The first-order valence-corrected chi connectivity index (χ1v) is 12.5. The van der Waals surface area contributed by atoms with Gasteiger partial charge in [0.1, 0.15) is 0 Å². The third-order valence-corrected chi connectivity index (χ3v) is 7.00. The molecule has 1 aliphatic rings. The van der Waals surface area contributed by atoms with E-state index in [1.165, 1.54) is 17.7 Å². The summed E-state index contributed by atoms with van der Waals surface area (Å²) in [6, 6.07) is 28.5. The lowest BCUT2D eigenvalue weighted by Crippen LogP contribution is -2.45. The van der Waals surface area contributed by atoms with Gasteiger partial charge in [0.15, 0.2) is 0 Å². The topological polar surface area (TPSA) is 49.6 Å². The van der Waals surface area contributed by atoms with Gasteiger partial charge in [-0.25, -0.2) is 0 Å². The minimum atomic E-state index is -4.43. The zero-order chi connectivity index (χ0) is 26.7. The number of benzene rings is 4. The van der Waals surface area contributed by atoms with Crippen LogP contribution in [0.15, 0.2) is 97.1 Å². The van der Waals surface area contributed by atoms with E-state index in [-0.39, 0.29) is 5.56 Å². The summed E-state index contributed by atoms with van der Waals surface area (Å²) in [5.74, 6) is -0.630. The van der Waals surface area contributed by atoms with Crippen molar-refractivity contribution in [3.05, 3.63) is 114 Å². The molecule has 4 aromatic rings. The number of piperazine rings is 1. The van der Waals surface area contributed by atoms with E-state index in [0.717, 1.165) is 56.1 Å². The van der Waals surface area contributed by atoms with E-state index in [1.54, 1.807) is 12.1 Å². The summed E-state index contributed by atoms with van der Waals surface area (Å²) in [5.41, 5.74) is 10.2. The van der Waals surface area contributed by atoms with Crippen LogP contribution in [0, 0.1) is 0 Å². The van der Waals surface area contributed by atoms with Gasteiger partial charge in [-0.1, -0.05) is 72.8 Å². The highest BCUT2D eigenvalue weighted by atomic mass is 19.4. The zero-order valence-electron chi connectivity index (χ0n) is 20.8. The molecule has 7 heteroatoms. The molecule has 0 unspecified atom stereocenters. The highest BCUT2D eigenvalue weighted by molar-refractivity contribution is 6.06. The third-order valence-electron chi connectivity index (χ3n) is 7.00. The largest absolute Gasteiger partial charge is 0.416 e. The van der Waals surface area contributed by atoms with E-state index >= 15 is 0 Å². The van der Waals surface area contributed by atoms with Crippen LogP contribution in [0.25, 0.3) is 22.3 Å². The number of amides is 1. The number of hydrogen-bond acceptors (Lipinski definition) is 3. The van der Waals surface area contributed by atoms with E-state index in [4.69, 9.17) is 5.73 Å². The fourth-order valence-electron chi connectivity index (χ4n) is 5.00. The Morgan fingerprint density at radius 1 is 0.711 bits per heavy atom. The Hall–Kier alpha value is -4.10. The number of halogens is 3. The van der Waals surface area contributed by atoms with Crippen molar-refractivity contribution in [3.8, 4) is 22.3 Å². The van der Waals surface area contributed by atoms with Crippen molar-refractivity contribution in [2.75, 3.05) is 31.1 Å². The lowest BCUT2D eigenvalue weighted by molar-refractivity contribution is -0.137. The maximum atomic E-state index is 13.0. The molecule has 0 bridgehead atoms. The van der Waals surface area contributed by atoms with Crippen LogP contribution < -0.4 is 10.6 Å². The third kappa shape index (κ3) is 5.58. The summed E-state index contributed by atoms with van der Waals surface area (Å²) >= 11 is 0. The van der Waals surface area contributed by atoms with Gasteiger partial charge in [-0.15, -0.1) is 0 Å². The zero-order valence-corrected chi connectivity index (χ0v) is 20.8. The molecule has 1 heterocycles. The van der Waals surface area contributed by atoms with Gasteiger partial charge in [-0.2, -0.15) is 13.2 Å². The van der Waals surface area contributed by atoms with Crippen LogP contribution in [0.5, 0.6) is 0 Å². The molecule has 0 atom stereocenters. The van der Waals surface area contributed by atoms with E-state index in [1.807, 2.05) is 36.4 Å². The molecular weight excluding hydrogens is 487 g/mol. The second-order valence-corrected chi connectivity index (χ2v) is 9.46. The van der Waals surface area contributed by atoms with E-state index in [2.05, 4.69) is 34.1 Å². The summed E-state index contributed by atoms with van der Waals surface area (Å²) in [5, 5.41) is 0. The van der Waals surface area contributed by atoms with Crippen LogP contribution in [0.4, 0.5) is 18.9 Å². The molecule has 0 radical (unpaired) electrons. The second kappa shape index (κ2) is 10.7. The first kappa shape index (κ1) is 25.5. The molecule has 5 rings (SSSR count). The molecule has 1 saturated heterocycles. The molecule has 0 aromatic heterocycles. The van der Waals surface area contributed by atoms with Crippen LogP contribution >= 0.6 is 0 Å². The SMILES string of the molecule is NC(=O)c1c(-c2ccc(N3CCN(Cc4ccccc4)CC3)cc2)cccc1-c1ccc(C(F)(F)F)cc1. The van der Waals surface area contributed by atoms with Crippen LogP contribution in [0.3, 0.4) is 0 Å². The molecule has 4 aromatic carbocycles. The fourth-order valence-corrected chi connectivity index (χ4v) is 5.00. The Kier molecular flexibility index (Phi) is 7.20. The molecule has 1 amide bonds. The van der Waals surface area contributed by atoms with Gasteiger partial charge in [0.2, 0.25) is 5.91 Å². The Morgan fingerprint density at radius 3 is 1.79 bits per heavy atom. The van der Waals surface area contributed by atoms with E-state index in [9.17, 15) is 18.0 Å². The summed E-state index contributed by atoms with van der Waals surface area (Å²) in [6.45, 7) is 4.72. The molecule has 4 nitrogen and oxygen atoms in total. The van der Waals surface area contributed by atoms with Crippen molar-refractivity contribution in [2.45, 2.75) is 12.7 Å². The van der Waals surface area contributed by atoms with E-state index < -0.39 is 17.6 Å². The van der Waals surface area contributed by atoms with E-state index in [0.29, 0.717) is 16.7 Å². The fraction of sp³-hybridized carbons (Fsp3) is 0.194. The average molecular weight is 516 g/mol. The van der Waals surface area contributed by atoms with Crippen LogP contribution in [0.1, 0.15) is 21.5 Å². The predicted molar refractivity (Wildman–Crippen MR) is 145 cm³/mol. The number of rotatable bonds is 6. The first-order valence-electron chi connectivity index (χ1n) is 12.5. The maximum absolute atomic E-state index is 13.0. The summed E-state index contributed by atoms with van der Waals surface area (Å²) in [4.78, 5) is 17.3. The Bertz CT molecular complexity index is 1390. The molecule has 1 fully saturated rings. The highest BCUT2D eigenvalue weighted by Gasteiger charge is 2.30. The number of nitrogens with zero attached hydrogens (tertiary/aromatic N) is 2. The van der Waals surface area contributed by atoms with Crippen molar-refractivity contribution in [3.63, 3.8) is 0 Å². The minimum absolute atomic E-state index is 0.287. The maximum Gasteiger partial charge on any atom is 0.416 e. The van der Waals surface area contributed by atoms with Gasteiger partial charge >= 0.3 is 6.18 Å². The molecule has 0 spiro atoms. The second-order valence-electron chi connectivity index (χ2n) is 9.46. The van der Waals surface area contributed by atoms with Crippen molar-refractivity contribution in [1.29, 1.82) is 0 Å². The van der Waals surface area contributed by atoms with Crippen molar-refractivity contribution >= 4 is 11.6 Å². The smallest absolute Gasteiger partial charge is 0.369 e. The van der Waals surface area contributed by atoms with Gasteiger partial charge in [0, 0.05) is 38.4 Å². The Labute approximate surface area is 220 Å². The number of primary amides is 1. The van der Waals surface area contributed by atoms with Crippen LogP contribution in [-0.2, 0) is 12.7 Å². The molecule has 1 aliphatic heterocycles. The molecule has 194 valence electrons. The first-order chi connectivity index (χ1) is 18.3. The Balaban J connectivity index is 1.34. The number of nitrogens with two attached hydrogens (primary N) is 1. The molecule has 0 aliphatic carbocycles.